The predicted octanol–water partition coefficient (Wildman–Crippen LogP) is 4.91. The van der Waals surface area contributed by atoms with Crippen LogP contribution in [0.25, 0.3) is 0 Å². The third kappa shape index (κ3) is 6.56. The Morgan fingerprint density at radius 1 is 1.07 bits per heavy atom. The smallest absolute Gasteiger partial charge is 0.339 e. The van der Waals surface area contributed by atoms with Crippen molar-refractivity contribution in [2.45, 2.75) is 63.9 Å². The third-order valence-electron chi connectivity index (χ3n) is 4.77. The standard InChI is InChI=1S/C22H28FNO4S/c1-4-6-7-22(25)24(17(3)5-2)16-18-8-12-20(13-9-18)28-29(26,27)21-14-10-19(23)11-15-21/h8-15,17H,4-7,16H2,1-3H3/t17-/m1/s1. The molecule has 0 fully saturated rings. The van der Waals surface area contributed by atoms with E-state index in [9.17, 15) is 17.6 Å². The van der Waals surface area contributed by atoms with Crippen molar-refractivity contribution in [3.63, 3.8) is 0 Å². The van der Waals surface area contributed by atoms with Crippen LogP contribution in [0.4, 0.5) is 4.39 Å². The van der Waals surface area contributed by atoms with Crippen LogP contribution in [0.3, 0.4) is 0 Å². The maximum Gasteiger partial charge on any atom is 0.339 e. The monoisotopic (exact) mass is 421 g/mol. The number of rotatable bonds is 10. The van der Waals surface area contributed by atoms with E-state index >= 15 is 0 Å². The highest BCUT2D eigenvalue weighted by Gasteiger charge is 2.20. The largest absolute Gasteiger partial charge is 0.379 e. The Morgan fingerprint density at radius 2 is 1.69 bits per heavy atom. The molecule has 1 amide bonds. The Morgan fingerprint density at radius 3 is 2.24 bits per heavy atom. The van der Waals surface area contributed by atoms with Gasteiger partial charge in [0.25, 0.3) is 0 Å². The quantitative estimate of drug-likeness (QED) is 0.511. The fraction of sp³-hybridized carbons (Fsp3) is 0.409. The van der Waals surface area contributed by atoms with Gasteiger partial charge < -0.3 is 9.08 Å². The molecular formula is C22H28FNO4S. The normalized spacial score (nSPS) is 12.4. The van der Waals surface area contributed by atoms with E-state index in [-0.39, 0.29) is 22.6 Å². The van der Waals surface area contributed by atoms with Gasteiger partial charge in [0, 0.05) is 19.0 Å². The number of hydrogen-bond acceptors (Lipinski definition) is 4. The molecule has 0 radical (unpaired) electrons. The van der Waals surface area contributed by atoms with Crippen molar-refractivity contribution in [3.8, 4) is 5.75 Å². The number of carbonyl (C=O) groups excluding carboxylic acids is 1. The molecule has 0 N–H and O–H groups in total. The van der Waals surface area contributed by atoms with Crippen LogP contribution in [0.15, 0.2) is 53.4 Å². The second-order valence-corrected chi connectivity index (χ2v) is 8.56. The topological polar surface area (TPSA) is 63.7 Å². The third-order valence-corrected chi connectivity index (χ3v) is 6.03. The summed E-state index contributed by atoms with van der Waals surface area (Å²) >= 11 is 0. The molecule has 0 saturated carbocycles. The Bertz CT molecular complexity index is 895. The van der Waals surface area contributed by atoms with Crippen LogP contribution >= 0.6 is 0 Å². The minimum atomic E-state index is -4.04. The summed E-state index contributed by atoms with van der Waals surface area (Å²) in [6, 6.07) is 11.2. The zero-order valence-corrected chi connectivity index (χ0v) is 17.9. The molecule has 2 rings (SSSR count). The zero-order valence-electron chi connectivity index (χ0n) is 17.1. The molecule has 2 aromatic carbocycles. The molecule has 0 saturated heterocycles. The average molecular weight is 422 g/mol. The Hall–Kier alpha value is -2.41. The van der Waals surface area contributed by atoms with Crippen molar-refractivity contribution < 1.29 is 21.8 Å². The fourth-order valence-corrected chi connectivity index (χ4v) is 3.74. The van der Waals surface area contributed by atoms with Gasteiger partial charge in [0.1, 0.15) is 16.5 Å². The molecule has 0 spiro atoms. The second-order valence-electron chi connectivity index (χ2n) is 7.02. The van der Waals surface area contributed by atoms with E-state index in [4.69, 9.17) is 4.18 Å². The van der Waals surface area contributed by atoms with Crippen LogP contribution in [0.2, 0.25) is 0 Å². The molecule has 0 aliphatic rings. The van der Waals surface area contributed by atoms with E-state index < -0.39 is 15.9 Å². The SMILES string of the molecule is CCCCC(=O)N(Cc1ccc(OS(=O)(=O)c2ccc(F)cc2)cc1)[C@H](C)CC. The summed E-state index contributed by atoms with van der Waals surface area (Å²) < 4.78 is 42.7. The van der Waals surface area contributed by atoms with Crippen molar-refractivity contribution in [3.05, 3.63) is 59.9 Å². The minimum absolute atomic E-state index is 0.118. The second kappa shape index (κ2) is 10.4. The Kier molecular flexibility index (Phi) is 8.20. The molecule has 29 heavy (non-hydrogen) atoms. The van der Waals surface area contributed by atoms with Crippen molar-refractivity contribution in [1.29, 1.82) is 0 Å². The molecule has 0 aliphatic carbocycles. The Balaban J connectivity index is 2.10. The molecule has 1 atom stereocenters. The summed E-state index contributed by atoms with van der Waals surface area (Å²) in [7, 11) is -4.04. The van der Waals surface area contributed by atoms with Crippen LogP contribution in [0.1, 0.15) is 52.0 Å². The lowest BCUT2D eigenvalue weighted by molar-refractivity contribution is -0.134. The first-order valence-electron chi connectivity index (χ1n) is 9.85. The van der Waals surface area contributed by atoms with Gasteiger partial charge in [0.2, 0.25) is 5.91 Å². The lowest BCUT2D eigenvalue weighted by atomic mass is 10.1. The number of amides is 1. The van der Waals surface area contributed by atoms with Gasteiger partial charge in [-0.05, 0) is 61.7 Å². The van der Waals surface area contributed by atoms with E-state index in [2.05, 4.69) is 6.92 Å². The van der Waals surface area contributed by atoms with Crippen LogP contribution in [0, 0.1) is 5.82 Å². The number of nitrogens with zero attached hydrogens (tertiary/aromatic N) is 1. The summed E-state index contributed by atoms with van der Waals surface area (Å²) in [5.41, 5.74) is 0.890. The molecule has 0 heterocycles. The van der Waals surface area contributed by atoms with E-state index in [0.29, 0.717) is 13.0 Å². The molecule has 7 heteroatoms. The van der Waals surface area contributed by atoms with Gasteiger partial charge in [0.05, 0.1) is 0 Å². The summed E-state index contributed by atoms with van der Waals surface area (Å²) in [6.45, 7) is 6.58. The van der Waals surface area contributed by atoms with Gasteiger partial charge in [-0.15, -0.1) is 0 Å². The summed E-state index contributed by atoms with van der Waals surface area (Å²) in [6.07, 6.45) is 3.21. The first-order chi connectivity index (χ1) is 13.8. The molecule has 158 valence electrons. The maximum atomic E-state index is 13.0. The predicted molar refractivity (Wildman–Crippen MR) is 110 cm³/mol. The van der Waals surface area contributed by atoms with Crippen LogP contribution in [-0.4, -0.2) is 25.3 Å². The van der Waals surface area contributed by atoms with Crippen molar-refractivity contribution >= 4 is 16.0 Å². The lowest BCUT2D eigenvalue weighted by Crippen LogP contribution is -2.37. The van der Waals surface area contributed by atoms with Gasteiger partial charge in [-0.25, -0.2) is 4.39 Å². The van der Waals surface area contributed by atoms with Gasteiger partial charge >= 0.3 is 10.1 Å². The molecule has 0 bridgehead atoms. The van der Waals surface area contributed by atoms with E-state index in [1.807, 2.05) is 18.7 Å². The first kappa shape index (κ1) is 22.9. The molecular weight excluding hydrogens is 393 g/mol. The molecule has 5 nitrogen and oxygen atoms in total. The summed E-state index contributed by atoms with van der Waals surface area (Å²) in [4.78, 5) is 14.3. The number of carbonyl (C=O) groups is 1. The maximum absolute atomic E-state index is 13.0. The van der Waals surface area contributed by atoms with E-state index in [1.54, 1.807) is 24.3 Å². The van der Waals surface area contributed by atoms with Gasteiger partial charge in [-0.3, -0.25) is 4.79 Å². The van der Waals surface area contributed by atoms with E-state index in [0.717, 1.165) is 49.1 Å². The highest BCUT2D eigenvalue weighted by atomic mass is 32.2. The van der Waals surface area contributed by atoms with Crippen molar-refractivity contribution in [2.75, 3.05) is 0 Å². The number of unbranched alkanes of at least 4 members (excludes halogenated alkanes) is 1. The van der Waals surface area contributed by atoms with Gasteiger partial charge in [0.15, 0.2) is 0 Å². The molecule has 2 aromatic rings. The van der Waals surface area contributed by atoms with Crippen molar-refractivity contribution in [1.82, 2.24) is 4.90 Å². The number of hydrogen-bond donors (Lipinski definition) is 0. The minimum Gasteiger partial charge on any atom is -0.379 e. The molecule has 0 aliphatic heterocycles. The van der Waals surface area contributed by atoms with Gasteiger partial charge in [-0.2, -0.15) is 8.42 Å². The van der Waals surface area contributed by atoms with Crippen LogP contribution in [-0.2, 0) is 21.5 Å². The Labute approximate surface area is 172 Å². The first-order valence-corrected chi connectivity index (χ1v) is 11.3. The highest BCUT2D eigenvalue weighted by Crippen LogP contribution is 2.21. The van der Waals surface area contributed by atoms with Crippen molar-refractivity contribution in [2.24, 2.45) is 0 Å². The van der Waals surface area contributed by atoms with Crippen LogP contribution in [0.5, 0.6) is 5.75 Å². The number of benzene rings is 2. The molecule has 0 unspecified atom stereocenters. The zero-order chi connectivity index (χ0) is 21.4. The molecule has 0 aromatic heterocycles. The summed E-state index contributed by atoms with van der Waals surface area (Å²) in [5, 5.41) is 0. The van der Waals surface area contributed by atoms with Crippen LogP contribution < -0.4 is 4.18 Å². The highest BCUT2D eigenvalue weighted by molar-refractivity contribution is 7.87. The fourth-order valence-electron chi connectivity index (χ4n) is 2.80. The average Bonchev–Trinajstić information content (AvgIpc) is 2.71. The summed E-state index contributed by atoms with van der Waals surface area (Å²) in [5.74, 6) is -0.237. The van der Waals surface area contributed by atoms with E-state index in [1.165, 1.54) is 0 Å². The van der Waals surface area contributed by atoms with Gasteiger partial charge in [-0.1, -0.05) is 32.4 Å². The number of halogens is 1. The lowest BCUT2D eigenvalue weighted by Gasteiger charge is -2.29.